The number of nitrogens with one attached hydrogen (secondary N) is 1. The van der Waals surface area contributed by atoms with E-state index in [2.05, 4.69) is 10.3 Å². The standard InChI is InChI=1S/C8H11ClN2OS/c1-5(9)8(12)11-6(2)7-3-10-4-13-7/h3-6H,1-2H3,(H,11,12). The Morgan fingerprint density at radius 3 is 2.85 bits per heavy atom. The summed E-state index contributed by atoms with van der Waals surface area (Å²) < 4.78 is 0. The van der Waals surface area contributed by atoms with Crippen LogP contribution in [-0.4, -0.2) is 16.3 Å². The Bertz CT molecular complexity index is 274. The Balaban J connectivity index is 2.51. The van der Waals surface area contributed by atoms with E-state index >= 15 is 0 Å². The molecule has 0 bridgehead atoms. The van der Waals surface area contributed by atoms with Gasteiger partial charge >= 0.3 is 0 Å². The van der Waals surface area contributed by atoms with E-state index < -0.39 is 5.38 Å². The van der Waals surface area contributed by atoms with Crippen LogP contribution in [0.4, 0.5) is 0 Å². The molecule has 13 heavy (non-hydrogen) atoms. The Labute approximate surface area is 86.1 Å². The fourth-order valence-electron chi connectivity index (χ4n) is 0.839. The summed E-state index contributed by atoms with van der Waals surface area (Å²) >= 11 is 7.13. The monoisotopic (exact) mass is 218 g/mol. The number of carbonyl (C=O) groups excluding carboxylic acids is 1. The van der Waals surface area contributed by atoms with Crippen molar-refractivity contribution in [3.8, 4) is 0 Å². The number of carbonyl (C=O) groups is 1. The van der Waals surface area contributed by atoms with Gasteiger partial charge in [-0.3, -0.25) is 9.78 Å². The van der Waals surface area contributed by atoms with Crippen molar-refractivity contribution >= 4 is 28.8 Å². The van der Waals surface area contributed by atoms with Gasteiger partial charge in [-0.15, -0.1) is 22.9 Å². The lowest BCUT2D eigenvalue weighted by Crippen LogP contribution is -2.31. The smallest absolute Gasteiger partial charge is 0.238 e. The zero-order valence-corrected chi connectivity index (χ0v) is 9.02. The SMILES string of the molecule is CC(Cl)C(=O)NC(C)c1cncs1. The third-order valence-electron chi connectivity index (χ3n) is 1.60. The second-order valence-electron chi connectivity index (χ2n) is 2.75. The lowest BCUT2D eigenvalue weighted by atomic mass is 10.3. The molecule has 0 aliphatic heterocycles. The van der Waals surface area contributed by atoms with E-state index in [4.69, 9.17) is 11.6 Å². The highest BCUT2D eigenvalue weighted by Gasteiger charge is 2.14. The van der Waals surface area contributed by atoms with E-state index in [0.717, 1.165) is 4.88 Å². The van der Waals surface area contributed by atoms with Crippen molar-refractivity contribution in [3.63, 3.8) is 0 Å². The molecule has 1 N–H and O–H groups in total. The molecule has 0 aromatic carbocycles. The van der Waals surface area contributed by atoms with Crippen molar-refractivity contribution in [1.29, 1.82) is 0 Å². The average molecular weight is 219 g/mol. The van der Waals surface area contributed by atoms with Crippen LogP contribution in [0.2, 0.25) is 0 Å². The molecular formula is C8H11ClN2OS. The Morgan fingerprint density at radius 2 is 2.38 bits per heavy atom. The van der Waals surface area contributed by atoms with Crippen molar-refractivity contribution in [3.05, 3.63) is 16.6 Å². The summed E-state index contributed by atoms with van der Waals surface area (Å²) in [7, 11) is 0. The van der Waals surface area contributed by atoms with E-state index in [-0.39, 0.29) is 11.9 Å². The second-order valence-corrected chi connectivity index (χ2v) is 4.32. The first kappa shape index (κ1) is 10.5. The third-order valence-corrected chi connectivity index (χ3v) is 2.75. The molecule has 1 aromatic rings. The minimum atomic E-state index is -0.490. The largest absolute Gasteiger partial charge is 0.347 e. The van der Waals surface area contributed by atoms with Gasteiger partial charge < -0.3 is 5.32 Å². The molecular weight excluding hydrogens is 208 g/mol. The Hall–Kier alpha value is -0.610. The number of alkyl halides is 1. The fourth-order valence-corrected chi connectivity index (χ4v) is 1.53. The zero-order valence-electron chi connectivity index (χ0n) is 7.45. The molecule has 0 fully saturated rings. The average Bonchev–Trinajstić information content (AvgIpc) is 2.55. The van der Waals surface area contributed by atoms with Gasteiger partial charge in [0.15, 0.2) is 0 Å². The van der Waals surface area contributed by atoms with Gasteiger partial charge in [-0.25, -0.2) is 0 Å². The van der Waals surface area contributed by atoms with Crippen LogP contribution in [0.5, 0.6) is 0 Å². The van der Waals surface area contributed by atoms with Crippen LogP contribution in [0.3, 0.4) is 0 Å². The number of hydrogen-bond donors (Lipinski definition) is 1. The summed E-state index contributed by atoms with van der Waals surface area (Å²) in [4.78, 5) is 16.2. The third kappa shape index (κ3) is 2.97. The van der Waals surface area contributed by atoms with E-state index in [1.165, 1.54) is 11.3 Å². The van der Waals surface area contributed by atoms with Crippen molar-refractivity contribution in [2.75, 3.05) is 0 Å². The van der Waals surface area contributed by atoms with Gasteiger partial charge in [0.1, 0.15) is 5.38 Å². The molecule has 0 saturated heterocycles. The number of nitrogens with zero attached hydrogens (tertiary/aromatic N) is 1. The lowest BCUT2D eigenvalue weighted by molar-refractivity contribution is -0.121. The molecule has 3 nitrogen and oxygen atoms in total. The first-order valence-electron chi connectivity index (χ1n) is 3.94. The molecule has 2 unspecified atom stereocenters. The summed E-state index contributed by atoms with van der Waals surface area (Å²) in [5.41, 5.74) is 1.74. The van der Waals surface area contributed by atoms with Gasteiger partial charge in [-0.05, 0) is 13.8 Å². The highest BCUT2D eigenvalue weighted by atomic mass is 35.5. The molecule has 1 amide bonds. The molecule has 0 aliphatic rings. The predicted molar refractivity (Wildman–Crippen MR) is 54.0 cm³/mol. The number of amides is 1. The first-order valence-corrected chi connectivity index (χ1v) is 5.25. The molecule has 0 saturated carbocycles. The minimum Gasteiger partial charge on any atom is -0.347 e. The maximum Gasteiger partial charge on any atom is 0.238 e. The van der Waals surface area contributed by atoms with E-state index in [1.807, 2.05) is 6.92 Å². The second kappa shape index (κ2) is 4.58. The van der Waals surface area contributed by atoms with Crippen LogP contribution < -0.4 is 5.32 Å². The lowest BCUT2D eigenvalue weighted by Gasteiger charge is -2.12. The molecule has 1 rings (SSSR count). The molecule has 5 heteroatoms. The number of aromatic nitrogens is 1. The maximum atomic E-state index is 11.2. The Morgan fingerprint density at radius 1 is 1.69 bits per heavy atom. The highest BCUT2D eigenvalue weighted by Crippen LogP contribution is 2.16. The van der Waals surface area contributed by atoms with Gasteiger partial charge in [-0.1, -0.05) is 0 Å². The normalized spacial score (nSPS) is 15.0. The maximum absolute atomic E-state index is 11.2. The summed E-state index contributed by atoms with van der Waals surface area (Å²) in [6.45, 7) is 3.56. The van der Waals surface area contributed by atoms with Crippen LogP contribution in [0.1, 0.15) is 24.8 Å². The van der Waals surface area contributed by atoms with Crippen LogP contribution >= 0.6 is 22.9 Å². The molecule has 72 valence electrons. The number of halogens is 1. The molecule has 2 atom stereocenters. The first-order chi connectivity index (χ1) is 6.11. The number of rotatable bonds is 3. The van der Waals surface area contributed by atoms with Crippen molar-refractivity contribution < 1.29 is 4.79 Å². The molecule has 0 aliphatic carbocycles. The van der Waals surface area contributed by atoms with Gasteiger partial charge in [0.05, 0.1) is 11.6 Å². The summed E-state index contributed by atoms with van der Waals surface area (Å²) in [6.07, 6.45) is 1.74. The summed E-state index contributed by atoms with van der Waals surface area (Å²) in [6, 6.07) is -0.0128. The van der Waals surface area contributed by atoms with Gasteiger partial charge in [0.2, 0.25) is 5.91 Å². The predicted octanol–water partition coefficient (Wildman–Crippen LogP) is 1.95. The van der Waals surface area contributed by atoms with Gasteiger partial charge in [-0.2, -0.15) is 0 Å². The van der Waals surface area contributed by atoms with Gasteiger partial charge in [0, 0.05) is 11.1 Å². The van der Waals surface area contributed by atoms with E-state index in [1.54, 1.807) is 18.6 Å². The summed E-state index contributed by atoms with van der Waals surface area (Å²) in [5, 5.41) is 2.29. The number of hydrogen-bond acceptors (Lipinski definition) is 3. The quantitative estimate of drug-likeness (QED) is 0.788. The van der Waals surface area contributed by atoms with Crippen LogP contribution in [0.25, 0.3) is 0 Å². The van der Waals surface area contributed by atoms with Crippen LogP contribution in [0.15, 0.2) is 11.7 Å². The molecule has 0 radical (unpaired) electrons. The summed E-state index contributed by atoms with van der Waals surface area (Å²) in [5.74, 6) is -0.150. The van der Waals surface area contributed by atoms with Crippen molar-refractivity contribution in [1.82, 2.24) is 10.3 Å². The van der Waals surface area contributed by atoms with Crippen molar-refractivity contribution in [2.24, 2.45) is 0 Å². The van der Waals surface area contributed by atoms with E-state index in [0.29, 0.717) is 0 Å². The zero-order chi connectivity index (χ0) is 9.84. The fraction of sp³-hybridized carbons (Fsp3) is 0.500. The highest BCUT2D eigenvalue weighted by molar-refractivity contribution is 7.09. The topological polar surface area (TPSA) is 42.0 Å². The number of thiazole rings is 1. The van der Waals surface area contributed by atoms with Crippen LogP contribution in [-0.2, 0) is 4.79 Å². The van der Waals surface area contributed by atoms with E-state index in [9.17, 15) is 4.79 Å². The molecule has 1 heterocycles. The molecule has 0 spiro atoms. The van der Waals surface area contributed by atoms with Crippen molar-refractivity contribution in [2.45, 2.75) is 25.3 Å². The van der Waals surface area contributed by atoms with Gasteiger partial charge in [0.25, 0.3) is 0 Å². The minimum absolute atomic E-state index is 0.0128. The molecule has 1 aromatic heterocycles. The Kier molecular flexibility index (Phi) is 3.69. The van der Waals surface area contributed by atoms with Crippen LogP contribution in [0, 0.1) is 0 Å².